The molecule has 0 aromatic heterocycles. The van der Waals surface area contributed by atoms with E-state index in [-0.39, 0.29) is 5.97 Å². The molecule has 2 aromatic rings. The first kappa shape index (κ1) is 11.7. The van der Waals surface area contributed by atoms with Crippen molar-refractivity contribution in [2.75, 3.05) is 0 Å². The molecule has 0 aliphatic heterocycles. The van der Waals surface area contributed by atoms with Crippen molar-refractivity contribution in [2.24, 2.45) is 0 Å². The van der Waals surface area contributed by atoms with Gasteiger partial charge in [-0.2, -0.15) is 0 Å². The summed E-state index contributed by atoms with van der Waals surface area (Å²) in [5.74, 6) is 0.0651. The van der Waals surface area contributed by atoms with Gasteiger partial charge in [-0.1, -0.05) is 35.4 Å². The number of aryl methyl sites for hydroxylation is 1. The standard InChI is InChI=1S/C14H11ClO2/c1-10-5-7-11(8-6-10)14(16)17-13-4-2-3-12(15)9-13/h2-9H,1H3. The van der Waals surface area contributed by atoms with Gasteiger partial charge >= 0.3 is 5.97 Å². The fourth-order valence-corrected chi connectivity index (χ4v) is 1.57. The summed E-state index contributed by atoms with van der Waals surface area (Å²) in [4.78, 5) is 11.8. The van der Waals surface area contributed by atoms with E-state index in [1.807, 2.05) is 19.1 Å². The lowest BCUT2D eigenvalue weighted by Crippen LogP contribution is -2.08. The molecule has 0 bridgehead atoms. The van der Waals surface area contributed by atoms with E-state index < -0.39 is 0 Å². The molecule has 2 nitrogen and oxygen atoms in total. The van der Waals surface area contributed by atoms with Crippen LogP contribution in [0.4, 0.5) is 0 Å². The van der Waals surface area contributed by atoms with Gasteiger partial charge in [0.1, 0.15) is 5.75 Å². The number of carbonyl (C=O) groups excluding carboxylic acids is 1. The third kappa shape index (κ3) is 3.08. The van der Waals surface area contributed by atoms with Gasteiger partial charge in [-0.25, -0.2) is 4.79 Å². The molecule has 2 aromatic carbocycles. The molecule has 2 rings (SSSR count). The zero-order valence-corrected chi connectivity index (χ0v) is 10.1. The molecule has 17 heavy (non-hydrogen) atoms. The van der Waals surface area contributed by atoms with E-state index >= 15 is 0 Å². The Morgan fingerprint density at radius 2 is 1.82 bits per heavy atom. The van der Waals surface area contributed by atoms with E-state index in [2.05, 4.69) is 0 Å². The van der Waals surface area contributed by atoms with Crippen molar-refractivity contribution < 1.29 is 9.53 Å². The lowest BCUT2D eigenvalue weighted by molar-refractivity contribution is 0.0735. The average Bonchev–Trinajstić information content (AvgIpc) is 2.29. The first-order valence-electron chi connectivity index (χ1n) is 5.19. The molecule has 0 heterocycles. The first-order chi connectivity index (χ1) is 8.15. The molecule has 3 heteroatoms. The second-order valence-corrected chi connectivity index (χ2v) is 4.15. The van der Waals surface area contributed by atoms with Crippen LogP contribution < -0.4 is 4.74 Å². The first-order valence-corrected chi connectivity index (χ1v) is 5.57. The molecule has 0 saturated heterocycles. The fourth-order valence-electron chi connectivity index (χ4n) is 1.39. The van der Waals surface area contributed by atoms with Crippen LogP contribution in [0.15, 0.2) is 48.5 Å². The van der Waals surface area contributed by atoms with Crippen molar-refractivity contribution >= 4 is 17.6 Å². The summed E-state index contributed by atoms with van der Waals surface area (Å²) in [6, 6.07) is 14.0. The van der Waals surface area contributed by atoms with Crippen molar-refractivity contribution in [3.63, 3.8) is 0 Å². The Morgan fingerprint density at radius 1 is 1.12 bits per heavy atom. The number of benzene rings is 2. The highest BCUT2D eigenvalue weighted by atomic mass is 35.5. The summed E-state index contributed by atoms with van der Waals surface area (Å²) >= 11 is 5.80. The van der Waals surface area contributed by atoms with E-state index in [9.17, 15) is 4.79 Å². The molecule has 0 atom stereocenters. The molecule has 86 valence electrons. The van der Waals surface area contributed by atoms with Gasteiger partial charge in [0.25, 0.3) is 0 Å². The van der Waals surface area contributed by atoms with Crippen LogP contribution in [0.5, 0.6) is 5.75 Å². The molecule has 0 saturated carbocycles. The lowest BCUT2D eigenvalue weighted by Gasteiger charge is -2.04. The smallest absolute Gasteiger partial charge is 0.343 e. The number of ether oxygens (including phenoxy) is 1. The summed E-state index contributed by atoms with van der Waals surface area (Å²) in [7, 11) is 0. The Bertz CT molecular complexity index is 532. The maximum atomic E-state index is 11.8. The van der Waals surface area contributed by atoms with Crippen LogP contribution in [0.1, 0.15) is 15.9 Å². The van der Waals surface area contributed by atoms with Crippen molar-refractivity contribution in [1.29, 1.82) is 0 Å². The number of hydrogen-bond donors (Lipinski definition) is 0. The van der Waals surface area contributed by atoms with Crippen LogP contribution >= 0.6 is 11.6 Å². The van der Waals surface area contributed by atoms with Gasteiger partial charge in [0.2, 0.25) is 0 Å². The summed E-state index contributed by atoms with van der Waals surface area (Å²) in [6.07, 6.45) is 0. The van der Waals surface area contributed by atoms with E-state index in [1.165, 1.54) is 0 Å². The number of esters is 1. The van der Waals surface area contributed by atoms with Crippen LogP contribution in [0.3, 0.4) is 0 Å². The third-order valence-electron chi connectivity index (χ3n) is 2.29. The minimum Gasteiger partial charge on any atom is -0.423 e. The summed E-state index contributed by atoms with van der Waals surface area (Å²) in [6.45, 7) is 1.96. The Morgan fingerprint density at radius 3 is 2.47 bits per heavy atom. The highest BCUT2D eigenvalue weighted by molar-refractivity contribution is 6.30. The molecule has 0 aliphatic carbocycles. The van der Waals surface area contributed by atoms with E-state index in [1.54, 1.807) is 36.4 Å². The molecule has 0 fully saturated rings. The maximum Gasteiger partial charge on any atom is 0.343 e. The Hall–Kier alpha value is -1.80. The quantitative estimate of drug-likeness (QED) is 0.594. The van der Waals surface area contributed by atoms with Gasteiger partial charge in [-0.05, 0) is 37.3 Å². The minimum absolute atomic E-state index is 0.382. The average molecular weight is 247 g/mol. The van der Waals surface area contributed by atoms with Crippen molar-refractivity contribution in [3.05, 3.63) is 64.7 Å². The number of halogens is 1. The number of carbonyl (C=O) groups is 1. The van der Waals surface area contributed by atoms with Crippen LogP contribution in [0.25, 0.3) is 0 Å². The number of hydrogen-bond acceptors (Lipinski definition) is 2. The largest absolute Gasteiger partial charge is 0.423 e. The lowest BCUT2D eigenvalue weighted by atomic mass is 10.1. The molecule has 0 unspecified atom stereocenters. The Labute approximate surface area is 105 Å². The van der Waals surface area contributed by atoms with E-state index in [4.69, 9.17) is 16.3 Å². The van der Waals surface area contributed by atoms with Gasteiger partial charge in [-0.15, -0.1) is 0 Å². The molecule has 0 radical (unpaired) electrons. The molecule has 0 aliphatic rings. The normalized spacial score (nSPS) is 10.0. The van der Waals surface area contributed by atoms with Crippen molar-refractivity contribution in [3.8, 4) is 5.75 Å². The zero-order valence-electron chi connectivity index (χ0n) is 9.31. The second kappa shape index (κ2) is 5.02. The SMILES string of the molecule is Cc1ccc(C(=O)Oc2cccc(Cl)c2)cc1. The zero-order chi connectivity index (χ0) is 12.3. The van der Waals surface area contributed by atoms with Gasteiger partial charge in [0.05, 0.1) is 5.56 Å². The van der Waals surface area contributed by atoms with Gasteiger partial charge in [0.15, 0.2) is 0 Å². The molecule has 0 amide bonds. The minimum atomic E-state index is -0.382. The highest BCUT2D eigenvalue weighted by Crippen LogP contribution is 2.18. The molecular formula is C14H11ClO2. The predicted molar refractivity (Wildman–Crippen MR) is 67.6 cm³/mol. The fraction of sp³-hybridized carbons (Fsp3) is 0.0714. The summed E-state index contributed by atoms with van der Waals surface area (Å²) < 4.78 is 5.20. The third-order valence-corrected chi connectivity index (χ3v) is 2.53. The molecule has 0 spiro atoms. The van der Waals surface area contributed by atoms with Crippen LogP contribution in [-0.4, -0.2) is 5.97 Å². The van der Waals surface area contributed by atoms with Crippen LogP contribution in [-0.2, 0) is 0 Å². The Kier molecular flexibility index (Phi) is 3.45. The monoisotopic (exact) mass is 246 g/mol. The van der Waals surface area contributed by atoms with Gasteiger partial charge in [-0.3, -0.25) is 0 Å². The van der Waals surface area contributed by atoms with E-state index in [0.717, 1.165) is 5.56 Å². The number of rotatable bonds is 2. The topological polar surface area (TPSA) is 26.3 Å². The van der Waals surface area contributed by atoms with E-state index in [0.29, 0.717) is 16.3 Å². The maximum absolute atomic E-state index is 11.8. The Balaban J connectivity index is 2.14. The molecule has 0 N–H and O–H groups in total. The van der Waals surface area contributed by atoms with Crippen molar-refractivity contribution in [1.82, 2.24) is 0 Å². The molecular weight excluding hydrogens is 236 g/mol. The van der Waals surface area contributed by atoms with Crippen LogP contribution in [0, 0.1) is 6.92 Å². The summed E-state index contributed by atoms with van der Waals surface area (Å²) in [5.41, 5.74) is 1.62. The predicted octanol–water partition coefficient (Wildman–Crippen LogP) is 3.87. The highest BCUT2D eigenvalue weighted by Gasteiger charge is 2.07. The summed E-state index contributed by atoms with van der Waals surface area (Å²) in [5, 5.41) is 0.541. The van der Waals surface area contributed by atoms with Gasteiger partial charge < -0.3 is 4.74 Å². The van der Waals surface area contributed by atoms with Gasteiger partial charge in [0, 0.05) is 5.02 Å². The van der Waals surface area contributed by atoms with Crippen LogP contribution in [0.2, 0.25) is 5.02 Å². The second-order valence-electron chi connectivity index (χ2n) is 3.71. The van der Waals surface area contributed by atoms with Crippen molar-refractivity contribution in [2.45, 2.75) is 6.92 Å².